The van der Waals surface area contributed by atoms with Crippen LogP contribution in [0.2, 0.25) is 0 Å². The first-order chi connectivity index (χ1) is 12.1. The van der Waals surface area contributed by atoms with Crippen molar-refractivity contribution in [3.63, 3.8) is 0 Å². The van der Waals surface area contributed by atoms with Crippen molar-refractivity contribution in [1.29, 1.82) is 0 Å². The molecule has 1 aromatic carbocycles. The second-order valence-electron chi connectivity index (χ2n) is 5.86. The minimum Gasteiger partial charge on any atom is -0.492 e. The van der Waals surface area contributed by atoms with E-state index >= 15 is 0 Å². The number of thiazole rings is 1. The number of fused-ring (bicyclic) bond motifs is 3. The standard InChI is InChI=1S/C18H17N3O2S2/c1-12-4-3-5-13(10-12)23-8-6-20(2)17(22)15-11-14-16(25-15)19-18-21(14)7-9-24-18/h3-5,7,9-11H,6,8H2,1-2H3. The number of benzene rings is 1. The fraction of sp³-hybridized carbons (Fsp3) is 0.222. The summed E-state index contributed by atoms with van der Waals surface area (Å²) in [7, 11) is 1.80. The molecule has 1 amide bonds. The largest absolute Gasteiger partial charge is 0.492 e. The van der Waals surface area contributed by atoms with E-state index in [1.54, 1.807) is 23.3 Å². The lowest BCUT2D eigenvalue weighted by atomic mass is 10.2. The lowest BCUT2D eigenvalue weighted by Gasteiger charge is -2.16. The molecular formula is C18H17N3O2S2. The van der Waals surface area contributed by atoms with Crippen LogP contribution < -0.4 is 4.74 Å². The van der Waals surface area contributed by atoms with Gasteiger partial charge in [0.05, 0.1) is 16.9 Å². The summed E-state index contributed by atoms with van der Waals surface area (Å²) in [5.41, 5.74) is 2.15. The minimum absolute atomic E-state index is 0.000165. The van der Waals surface area contributed by atoms with Gasteiger partial charge in [0.2, 0.25) is 0 Å². The molecule has 0 aliphatic carbocycles. The van der Waals surface area contributed by atoms with Gasteiger partial charge in [-0.05, 0) is 30.7 Å². The number of thiophene rings is 1. The summed E-state index contributed by atoms with van der Waals surface area (Å²) in [6.45, 7) is 3.02. The van der Waals surface area contributed by atoms with E-state index in [-0.39, 0.29) is 5.91 Å². The molecule has 0 N–H and O–H groups in total. The molecule has 3 heterocycles. The smallest absolute Gasteiger partial charge is 0.263 e. The van der Waals surface area contributed by atoms with Crippen molar-refractivity contribution in [3.05, 3.63) is 52.3 Å². The van der Waals surface area contributed by atoms with Crippen LogP contribution in [0.5, 0.6) is 5.75 Å². The molecule has 0 unspecified atom stereocenters. The summed E-state index contributed by atoms with van der Waals surface area (Å²) < 4.78 is 7.75. The summed E-state index contributed by atoms with van der Waals surface area (Å²) in [6, 6.07) is 9.83. The van der Waals surface area contributed by atoms with E-state index in [0.29, 0.717) is 18.0 Å². The molecule has 0 aliphatic heterocycles. The Morgan fingerprint density at radius 2 is 2.24 bits per heavy atom. The first kappa shape index (κ1) is 16.1. The lowest BCUT2D eigenvalue weighted by Crippen LogP contribution is -2.30. The maximum atomic E-state index is 12.6. The van der Waals surface area contributed by atoms with Gasteiger partial charge < -0.3 is 9.64 Å². The summed E-state index contributed by atoms with van der Waals surface area (Å²) in [5.74, 6) is 0.830. The third kappa shape index (κ3) is 3.12. The highest BCUT2D eigenvalue weighted by Crippen LogP contribution is 2.28. The van der Waals surface area contributed by atoms with Crippen LogP contribution in [0.3, 0.4) is 0 Å². The Labute approximate surface area is 153 Å². The van der Waals surface area contributed by atoms with E-state index in [2.05, 4.69) is 4.98 Å². The third-order valence-corrected chi connectivity index (χ3v) is 5.74. The Morgan fingerprint density at radius 3 is 3.08 bits per heavy atom. The van der Waals surface area contributed by atoms with Crippen LogP contribution in [0, 0.1) is 6.92 Å². The first-order valence-corrected chi connectivity index (χ1v) is 9.61. The van der Waals surface area contributed by atoms with Crippen molar-refractivity contribution >= 4 is 43.9 Å². The van der Waals surface area contributed by atoms with E-state index < -0.39 is 0 Å². The zero-order valence-electron chi connectivity index (χ0n) is 13.9. The highest BCUT2D eigenvalue weighted by atomic mass is 32.1. The Bertz CT molecular complexity index is 1050. The van der Waals surface area contributed by atoms with E-state index in [9.17, 15) is 4.79 Å². The van der Waals surface area contributed by atoms with Gasteiger partial charge in [0.15, 0.2) is 4.96 Å². The Kier molecular flexibility index (Phi) is 4.19. The number of carbonyl (C=O) groups is 1. The number of rotatable bonds is 5. The topological polar surface area (TPSA) is 46.8 Å². The van der Waals surface area contributed by atoms with Crippen LogP contribution in [0.1, 0.15) is 15.2 Å². The van der Waals surface area contributed by atoms with Gasteiger partial charge in [-0.15, -0.1) is 22.7 Å². The lowest BCUT2D eigenvalue weighted by molar-refractivity contribution is 0.0778. The van der Waals surface area contributed by atoms with E-state index in [1.165, 1.54) is 11.3 Å². The minimum atomic E-state index is -0.000165. The monoisotopic (exact) mass is 371 g/mol. The van der Waals surface area contributed by atoms with Crippen molar-refractivity contribution in [2.24, 2.45) is 0 Å². The second-order valence-corrected chi connectivity index (χ2v) is 7.76. The predicted octanol–water partition coefficient (Wildman–Crippen LogP) is 4.07. The van der Waals surface area contributed by atoms with E-state index in [4.69, 9.17) is 4.74 Å². The van der Waals surface area contributed by atoms with Crippen LogP contribution in [-0.2, 0) is 0 Å². The molecule has 0 saturated heterocycles. The van der Waals surface area contributed by atoms with Crippen LogP contribution in [0.15, 0.2) is 41.9 Å². The van der Waals surface area contributed by atoms with Crippen molar-refractivity contribution < 1.29 is 9.53 Å². The second kappa shape index (κ2) is 6.50. The summed E-state index contributed by atoms with van der Waals surface area (Å²) >= 11 is 3.03. The normalized spacial score (nSPS) is 11.3. The number of carbonyl (C=O) groups excluding carboxylic acids is 1. The number of nitrogens with zero attached hydrogens (tertiary/aromatic N) is 3. The molecule has 3 aromatic heterocycles. The van der Waals surface area contributed by atoms with Gasteiger partial charge in [-0.3, -0.25) is 9.20 Å². The fourth-order valence-electron chi connectivity index (χ4n) is 2.65. The maximum Gasteiger partial charge on any atom is 0.263 e. The zero-order chi connectivity index (χ0) is 17.4. The average molecular weight is 371 g/mol. The first-order valence-electron chi connectivity index (χ1n) is 7.92. The molecule has 4 rings (SSSR count). The molecule has 0 atom stereocenters. The molecular weight excluding hydrogens is 354 g/mol. The quantitative estimate of drug-likeness (QED) is 0.531. The molecule has 128 valence electrons. The number of aryl methyl sites for hydroxylation is 1. The van der Waals surface area contributed by atoms with E-state index in [0.717, 1.165) is 26.6 Å². The summed E-state index contributed by atoms with van der Waals surface area (Å²) in [5, 5.41) is 2.00. The van der Waals surface area contributed by atoms with Crippen molar-refractivity contribution in [2.45, 2.75) is 6.92 Å². The highest BCUT2D eigenvalue weighted by Gasteiger charge is 2.18. The molecule has 5 nitrogen and oxygen atoms in total. The Morgan fingerprint density at radius 1 is 1.36 bits per heavy atom. The molecule has 0 spiro atoms. The molecule has 7 heteroatoms. The third-order valence-electron chi connectivity index (χ3n) is 3.98. The molecule has 0 radical (unpaired) electrons. The van der Waals surface area contributed by atoms with Crippen LogP contribution >= 0.6 is 22.7 Å². The highest BCUT2D eigenvalue weighted by molar-refractivity contribution is 7.21. The van der Waals surface area contributed by atoms with Crippen molar-refractivity contribution in [2.75, 3.05) is 20.2 Å². The molecule has 0 bridgehead atoms. The molecule has 0 aliphatic rings. The molecule has 0 fully saturated rings. The summed E-state index contributed by atoms with van der Waals surface area (Å²) in [4.78, 5) is 21.4. The number of hydrogen-bond donors (Lipinski definition) is 0. The van der Waals surface area contributed by atoms with Crippen LogP contribution in [-0.4, -0.2) is 40.4 Å². The number of likely N-dealkylation sites (N-methyl/N-ethyl adjacent to an activating group) is 1. The molecule has 4 aromatic rings. The molecule has 0 saturated carbocycles. The number of amides is 1. The fourth-order valence-corrected chi connectivity index (χ4v) is 4.44. The Hall–Kier alpha value is -2.38. The predicted molar refractivity (Wildman–Crippen MR) is 102 cm³/mol. The number of imidazole rings is 1. The van der Waals surface area contributed by atoms with Gasteiger partial charge in [-0.1, -0.05) is 12.1 Å². The number of ether oxygens (including phenoxy) is 1. The average Bonchev–Trinajstić information content (AvgIpc) is 3.26. The van der Waals surface area contributed by atoms with E-state index in [1.807, 2.05) is 53.2 Å². The summed E-state index contributed by atoms with van der Waals surface area (Å²) in [6.07, 6.45) is 1.98. The van der Waals surface area contributed by atoms with Gasteiger partial charge >= 0.3 is 0 Å². The molecule has 25 heavy (non-hydrogen) atoms. The van der Waals surface area contributed by atoms with Gasteiger partial charge in [0, 0.05) is 18.6 Å². The van der Waals surface area contributed by atoms with Gasteiger partial charge in [0.1, 0.15) is 17.2 Å². The van der Waals surface area contributed by atoms with Gasteiger partial charge in [-0.2, -0.15) is 0 Å². The Balaban J connectivity index is 1.42. The number of hydrogen-bond acceptors (Lipinski definition) is 5. The van der Waals surface area contributed by atoms with Crippen LogP contribution in [0.4, 0.5) is 0 Å². The number of aromatic nitrogens is 2. The van der Waals surface area contributed by atoms with Crippen molar-refractivity contribution in [3.8, 4) is 5.75 Å². The van der Waals surface area contributed by atoms with Gasteiger partial charge in [-0.25, -0.2) is 4.98 Å². The zero-order valence-corrected chi connectivity index (χ0v) is 15.6. The maximum absolute atomic E-state index is 12.6. The van der Waals surface area contributed by atoms with Crippen molar-refractivity contribution in [1.82, 2.24) is 14.3 Å². The van der Waals surface area contributed by atoms with Crippen LogP contribution in [0.25, 0.3) is 15.3 Å². The van der Waals surface area contributed by atoms with Gasteiger partial charge in [0.25, 0.3) is 5.91 Å². The SMILES string of the molecule is Cc1cccc(OCCN(C)C(=O)c2cc3c(nc4sccn43)s2)c1.